The number of aliphatic hydroxyl groups excluding tert-OH is 1. The van der Waals surface area contributed by atoms with Crippen LogP contribution in [0.5, 0.6) is 0 Å². The smallest absolute Gasteiger partial charge is 0.0774 e. The number of fused-ring (bicyclic) bond motifs is 3. The van der Waals surface area contributed by atoms with E-state index < -0.39 is 0 Å². The molecule has 2 fully saturated rings. The Morgan fingerprint density at radius 1 is 1.32 bits per heavy atom. The molecule has 0 spiro atoms. The molecule has 22 heavy (non-hydrogen) atoms. The highest BCUT2D eigenvalue weighted by Crippen LogP contribution is 2.64. The molecule has 3 unspecified atom stereocenters. The first-order valence-electron chi connectivity index (χ1n) is 8.93. The molecule has 0 aromatic rings. The molecule has 2 heteroatoms. The van der Waals surface area contributed by atoms with Gasteiger partial charge in [0, 0.05) is 8.84 Å². The Bertz CT molecular complexity index is 494. The fourth-order valence-corrected chi connectivity index (χ4v) is 6.80. The normalized spacial score (nSPS) is 49.6. The highest BCUT2D eigenvalue weighted by Gasteiger charge is 2.56. The number of aliphatic hydroxyl groups is 1. The maximum absolute atomic E-state index is 10.6. The Kier molecular flexibility index (Phi) is 4.34. The molecular weight excluding hydrogens is 383 g/mol. The number of hydrogen-bond acceptors (Lipinski definition) is 1. The zero-order valence-electron chi connectivity index (χ0n) is 14.4. The van der Waals surface area contributed by atoms with Crippen LogP contribution in [-0.4, -0.2) is 14.6 Å². The number of halogens is 1. The molecule has 1 nitrogen and oxygen atoms in total. The summed E-state index contributed by atoms with van der Waals surface area (Å²) in [6.07, 6.45) is 12.8. The highest BCUT2D eigenvalue weighted by molar-refractivity contribution is 14.1. The van der Waals surface area contributed by atoms with Crippen LogP contribution in [0.25, 0.3) is 0 Å². The molecule has 1 N–H and O–H groups in total. The van der Waals surface area contributed by atoms with E-state index in [4.69, 9.17) is 0 Å². The first-order chi connectivity index (χ1) is 10.2. The minimum absolute atomic E-state index is 0.00559. The maximum atomic E-state index is 10.6. The largest absolute Gasteiger partial charge is 0.388 e. The van der Waals surface area contributed by atoms with Gasteiger partial charge < -0.3 is 5.11 Å². The van der Waals surface area contributed by atoms with Crippen molar-refractivity contribution in [3.05, 3.63) is 24.3 Å². The van der Waals surface area contributed by atoms with Crippen molar-refractivity contribution >= 4 is 22.6 Å². The van der Waals surface area contributed by atoms with Gasteiger partial charge in [-0.25, -0.2) is 0 Å². The van der Waals surface area contributed by atoms with Crippen LogP contribution in [0, 0.1) is 22.7 Å². The summed E-state index contributed by atoms with van der Waals surface area (Å²) in [7, 11) is 0. The lowest BCUT2D eigenvalue weighted by Crippen LogP contribution is -2.53. The van der Waals surface area contributed by atoms with Crippen molar-refractivity contribution in [3.8, 4) is 0 Å². The second-order valence-electron chi connectivity index (χ2n) is 8.77. The van der Waals surface area contributed by atoms with Crippen LogP contribution in [0.15, 0.2) is 24.3 Å². The van der Waals surface area contributed by atoms with Crippen LogP contribution >= 0.6 is 22.6 Å². The fourth-order valence-electron chi connectivity index (χ4n) is 6.05. The van der Waals surface area contributed by atoms with E-state index in [-0.39, 0.29) is 11.5 Å². The van der Waals surface area contributed by atoms with Crippen LogP contribution in [-0.2, 0) is 0 Å². The minimum Gasteiger partial charge on any atom is -0.388 e. The van der Waals surface area contributed by atoms with Crippen molar-refractivity contribution in [1.82, 2.24) is 0 Å². The van der Waals surface area contributed by atoms with E-state index in [1.165, 1.54) is 38.5 Å². The Labute approximate surface area is 149 Å². The standard InChI is InChI=1S/C20H31IO/c1-5-17(22)20(4)11-6-10-19(3)15-9-12-18(2,21)13-14(15)7-8-16(19)20/h5,9,14,16-17,22H,1,6-8,10-13H2,2-4H3/t14?,16?,17?,18-,19-,20+/m0/s1. The number of rotatable bonds is 2. The van der Waals surface area contributed by atoms with Crippen molar-refractivity contribution < 1.29 is 5.11 Å². The van der Waals surface area contributed by atoms with Crippen molar-refractivity contribution in [1.29, 1.82) is 0 Å². The summed E-state index contributed by atoms with van der Waals surface area (Å²) in [5, 5.41) is 10.6. The molecule has 3 aliphatic carbocycles. The van der Waals surface area contributed by atoms with Gasteiger partial charge in [0.15, 0.2) is 0 Å². The van der Waals surface area contributed by atoms with Crippen LogP contribution in [0.4, 0.5) is 0 Å². The molecule has 3 aliphatic rings. The molecule has 2 saturated carbocycles. The second-order valence-corrected chi connectivity index (χ2v) is 11.4. The lowest BCUT2D eigenvalue weighted by atomic mass is 9.46. The molecule has 0 heterocycles. The van der Waals surface area contributed by atoms with Gasteiger partial charge in [-0.05, 0) is 55.8 Å². The minimum atomic E-state index is -0.368. The van der Waals surface area contributed by atoms with E-state index in [1.54, 1.807) is 11.6 Å². The molecule has 0 aromatic carbocycles. The number of alkyl halides is 1. The van der Waals surface area contributed by atoms with E-state index in [0.717, 1.165) is 12.3 Å². The highest BCUT2D eigenvalue weighted by atomic mass is 127. The quantitative estimate of drug-likeness (QED) is 0.351. The van der Waals surface area contributed by atoms with Gasteiger partial charge in [-0.2, -0.15) is 0 Å². The van der Waals surface area contributed by atoms with Crippen molar-refractivity contribution in [2.24, 2.45) is 22.7 Å². The average Bonchev–Trinajstić information content (AvgIpc) is 2.44. The molecule has 0 amide bonds. The van der Waals surface area contributed by atoms with Gasteiger partial charge in [-0.15, -0.1) is 6.58 Å². The van der Waals surface area contributed by atoms with Crippen LogP contribution in [0.1, 0.15) is 65.7 Å². The first-order valence-corrected chi connectivity index (χ1v) is 10.0. The molecule has 0 saturated heterocycles. The summed E-state index contributed by atoms with van der Waals surface area (Å²) < 4.78 is 0.438. The molecular formula is C20H31IO. The molecule has 3 rings (SSSR count). The lowest BCUT2D eigenvalue weighted by Gasteiger charge is -2.60. The van der Waals surface area contributed by atoms with Crippen molar-refractivity contribution in [2.45, 2.75) is 75.2 Å². The molecule has 6 atom stereocenters. The summed E-state index contributed by atoms with van der Waals surface area (Å²) in [6.45, 7) is 11.1. The second kappa shape index (κ2) is 5.61. The zero-order valence-corrected chi connectivity index (χ0v) is 16.5. The van der Waals surface area contributed by atoms with E-state index in [2.05, 4.69) is 56.0 Å². The topological polar surface area (TPSA) is 20.2 Å². The van der Waals surface area contributed by atoms with Crippen molar-refractivity contribution in [3.63, 3.8) is 0 Å². The van der Waals surface area contributed by atoms with Gasteiger partial charge in [0.1, 0.15) is 0 Å². The Balaban J connectivity index is 1.98. The third-order valence-electron chi connectivity index (χ3n) is 7.20. The Morgan fingerprint density at radius 2 is 2.05 bits per heavy atom. The van der Waals surface area contributed by atoms with Crippen LogP contribution in [0.3, 0.4) is 0 Å². The predicted octanol–water partition coefficient (Wildman–Crippen LogP) is 5.67. The SMILES string of the molecule is C=CC(O)[C@]1(C)CCC[C@@]2(C)C3=CC[C@](C)(I)CC3CCC12. The predicted molar refractivity (Wildman–Crippen MR) is 102 cm³/mol. The molecule has 124 valence electrons. The van der Waals surface area contributed by atoms with Crippen LogP contribution < -0.4 is 0 Å². The van der Waals surface area contributed by atoms with Gasteiger partial charge in [0.25, 0.3) is 0 Å². The molecule has 0 radical (unpaired) electrons. The van der Waals surface area contributed by atoms with Gasteiger partial charge in [0.2, 0.25) is 0 Å². The van der Waals surface area contributed by atoms with Gasteiger partial charge >= 0.3 is 0 Å². The van der Waals surface area contributed by atoms with Crippen LogP contribution in [0.2, 0.25) is 0 Å². The summed E-state index contributed by atoms with van der Waals surface area (Å²) in [4.78, 5) is 0. The first kappa shape index (κ1) is 17.0. The fraction of sp³-hybridized carbons (Fsp3) is 0.800. The van der Waals surface area contributed by atoms with E-state index >= 15 is 0 Å². The third-order valence-corrected chi connectivity index (χ3v) is 8.08. The summed E-state index contributed by atoms with van der Waals surface area (Å²) in [5.74, 6) is 1.38. The third kappa shape index (κ3) is 2.53. The molecule has 0 bridgehead atoms. The Morgan fingerprint density at radius 3 is 2.73 bits per heavy atom. The summed E-state index contributed by atoms with van der Waals surface area (Å²) in [5.41, 5.74) is 2.04. The summed E-state index contributed by atoms with van der Waals surface area (Å²) >= 11 is 2.66. The average molecular weight is 414 g/mol. The van der Waals surface area contributed by atoms with E-state index in [0.29, 0.717) is 14.8 Å². The number of hydrogen-bond donors (Lipinski definition) is 1. The van der Waals surface area contributed by atoms with E-state index in [1.807, 2.05) is 0 Å². The molecule has 0 aliphatic heterocycles. The monoisotopic (exact) mass is 414 g/mol. The van der Waals surface area contributed by atoms with Crippen molar-refractivity contribution in [2.75, 3.05) is 0 Å². The maximum Gasteiger partial charge on any atom is 0.0774 e. The van der Waals surface area contributed by atoms with Gasteiger partial charge in [-0.1, -0.05) is 67.5 Å². The molecule has 0 aromatic heterocycles. The lowest BCUT2D eigenvalue weighted by molar-refractivity contribution is -0.0802. The van der Waals surface area contributed by atoms with Gasteiger partial charge in [0.05, 0.1) is 6.10 Å². The number of allylic oxidation sites excluding steroid dienone is 2. The zero-order chi connectivity index (χ0) is 16.2. The summed E-state index contributed by atoms with van der Waals surface area (Å²) in [6, 6.07) is 0. The van der Waals surface area contributed by atoms with E-state index in [9.17, 15) is 5.11 Å². The Hall–Kier alpha value is 0.170. The van der Waals surface area contributed by atoms with Gasteiger partial charge in [-0.3, -0.25) is 0 Å².